The Labute approximate surface area is 165 Å². The monoisotopic (exact) mass is 372 g/mol. The molecule has 3 heterocycles. The van der Waals surface area contributed by atoms with Gasteiger partial charge < -0.3 is 4.90 Å². The zero-order chi connectivity index (χ0) is 19.1. The van der Waals surface area contributed by atoms with Gasteiger partial charge in [-0.2, -0.15) is 0 Å². The molecular formula is C22H24N6. The number of hydrogen-bond acceptors (Lipinski definition) is 5. The lowest BCUT2D eigenvalue weighted by Crippen LogP contribution is -2.39. The molecule has 0 amide bonds. The second-order valence-electron chi connectivity index (χ2n) is 7.58. The van der Waals surface area contributed by atoms with Crippen LogP contribution in [0.5, 0.6) is 0 Å². The van der Waals surface area contributed by atoms with Crippen LogP contribution in [-0.4, -0.2) is 57.6 Å². The number of aromatic nitrogens is 3. The maximum absolute atomic E-state index is 5.10. The summed E-state index contributed by atoms with van der Waals surface area (Å²) in [5.41, 5.74) is 3.04. The van der Waals surface area contributed by atoms with E-state index in [9.17, 15) is 0 Å². The topological polar surface area (TPSA) is 49.6 Å². The quantitative estimate of drug-likeness (QED) is 0.689. The second kappa shape index (κ2) is 6.87. The van der Waals surface area contributed by atoms with Gasteiger partial charge in [-0.25, -0.2) is 4.99 Å². The Kier molecular flexibility index (Phi) is 4.20. The Morgan fingerprint density at radius 3 is 2.36 bits per heavy atom. The van der Waals surface area contributed by atoms with Crippen molar-refractivity contribution in [1.29, 1.82) is 0 Å². The van der Waals surface area contributed by atoms with Crippen molar-refractivity contribution < 1.29 is 0 Å². The highest BCUT2D eigenvalue weighted by Crippen LogP contribution is 2.38. The Morgan fingerprint density at radius 2 is 1.61 bits per heavy atom. The number of rotatable bonds is 2. The summed E-state index contributed by atoms with van der Waals surface area (Å²) in [5.74, 6) is 2.82. The van der Waals surface area contributed by atoms with E-state index in [1.54, 1.807) is 0 Å². The molecule has 2 aliphatic rings. The van der Waals surface area contributed by atoms with Crippen molar-refractivity contribution in [3.8, 4) is 17.1 Å². The van der Waals surface area contributed by atoms with Crippen molar-refractivity contribution >= 4 is 11.5 Å². The van der Waals surface area contributed by atoms with Crippen LogP contribution < -0.4 is 0 Å². The van der Waals surface area contributed by atoms with Gasteiger partial charge in [0.15, 0.2) is 11.6 Å². The van der Waals surface area contributed by atoms with Gasteiger partial charge in [-0.05, 0) is 38.1 Å². The van der Waals surface area contributed by atoms with E-state index in [1.165, 1.54) is 12.8 Å². The van der Waals surface area contributed by atoms with E-state index in [0.29, 0.717) is 0 Å². The first-order valence-corrected chi connectivity index (χ1v) is 9.84. The SMILES string of the molecule is CN(C)C1=Nc2ccccc2-n2c(-c3ccccc3)nnc2C1N1CCCC1. The van der Waals surface area contributed by atoms with Crippen molar-refractivity contribution in [3.05, 3.63) is 60.4 Å². The predicted octanol–water partition coefficient (Wildman–Crippen LogP) is 3.68. The first-order chi connectivity index (χ1) is 13.7. The van der Waals surface area contributed by atoms with Gasteiger partial charge >= 0.3 is 0 Å². The molecule has 1 fully saturated rings. The molecular weight excluding hydrogens is 348 g/mol. The lowest BCUT2D eigenvalue weighted by atomic mass is 10.1. The minimum absolute atomic E-state index is 0.00476. The minimum atomic E-state index is -0.00476. The summed E-state index contributed by atoms with van der Waals surface area (Å²) in [6, 6.07) is 18.6. The van der Waals surface area contributed by atoms with Gasteiger partial charge in [-0.15, -0.1) is 10.2 Å². The van der Waals surface area contributed by atoms with E-state index >= 15 is 0 Å². The standard InChI is InChI=1S/C22H24N6/c1-26(2)21-19(27-14-8-9-15-27)22-25-24-20(16-10-4-3-5-11-16)28(22)18-13-7-6-12-17(18)23-21/h3-7,10-13,19H,8-9,14-15H2,1-2H3. The molecule has 2 aromatic carbocycles. The molecule has 1 aromatic heterocycles. The number of likely N-dealkylation sites (N-methyl/N-ethyl adjacent to an activating group) is 1. The Bertz CT molecular complexity index is 1010. The summed E-state index contributed by atoms with van der Waals surface area (Å²) < 4.78 is 2.20. The normalized spacial score (nSPS) is 18.9. The van der Waals surface area contributed by atoms with Crippen molar-refractivity contribution in [2.75, 3.05) is 27.2 Å². The van der Waals surface area contributed by atoms with Gasteiger partial charge in [0, 0.05) is 19.7 Å². The maximum atomic E-state index is 5.10. The largest absolute Gasteiger partial charge is 0.364 e. The number of fused-ring (bicyclic) bond motifs is 3. The van der Waals surface area contributed by atoms with Gasteiger partial charge in [-0.3, -0.25) is 9.47 Å². The molecule has 2 aliphatic heterocycles. The number of benzene rings is 2. The summed E-state index contributed by atoms with van der Waals surface area (Å²) in [5, 5.41) is 9.35. The lowest BCUT2D eigenvalue weighted by molar-refractivity contribution is 0.279. The molecule has 1 unspecified atom stereocenters. The lowest BCUT2D eigenvalue weighted by Gasteiger charge is -2.30. The van der Waals surface area contributed by atoms with E-state index < -0.39 is 0 Å². The van der Waals surface area contributed by atoms with Crippen LogP contribution in [0.1, 0.15) is 24.7 Å². The molecule has 0 aliphatic carbocycles. The number of hydrogen-bond donors (Lipinski definition) is 0. The van der Waals surface area contributed by atoms with Crippen LogP contribution >= 0.6 is 0 Å². The Morgan fingerprint density at radius 1 is 0.893 bits per heavy atom. The Hall–Kier alpha value is -2.99. The first-order valence-electron chi connectivity index (χ1n) is 9.84. The van der Waals surface area contributed by atoms with E-state index in [2.05, 4.69) is 63.9 Å². The predicted molar refractivity (Wildman–Crippen MR) is 111 cm³/mol. The van der Waals surface area contributed by atoms with Gasteiger partial charge in [0.25, 0.3) is 0 Å². The highest BCUT2D eigenvalue weighted by Gasteiger charge is 2.37. The van der Waals surface area contributed by atoms with Crippen LogP contribution in [0.2, 0.25) is 0 Å². The molecule has 28 heavy (non-hydrogen) atoms. The van der Waals surface area contributed by atoms with Crippen molar-refractivity contribution in [2.45, 2.75) is 18.9 Å². The van der Waals surface area contributed by atoms with Crippen LogP contribution in [-0.2, 0) is 0 Å². The smallest absolute Gasteiger partial charge is 0.168 e. The van der Waals surface area contributed by atoms with Crippen LogP contribution in [0.4, 0.5) is 5.69 Å². The van der Waals surface area contributed by atoms with Crippen LogP contribution in [0.25, 0.3) is 17.1 Å². The molecule has 0 bridgehead atoms. The van der Waals surface area contributed by atoms with Gasteiger partial charge in [0.1, 0.15) is 11.9 Å². The fraction of sp³-hybridized carbons (Fsp3) is 0.318. The van der Waals surface area contributed by atoms with E-state index in [4.69, 9.17) is 10.1 Å². The maximum Gasteiger partial charge on any atom is 0.168 e. The van der Waals surface area contributed by atoms with Crippen molar-refractivity contribution in [2.24, 2.45) is 4.99 Å². The molecule has 1 atom stereocenters. The average molecular weight is 372 g/mol. The third kappa shape index (κ3) is 2.72. The van der Waals surface area contributed by atoms with Gasteiger partial charge in [0.05, 0.1) is 11.4 Å². The average Bonchev–Trinajstić information content (AvgIpc) is 3.37. The molecule has 6 nitrogen and oxygen atoms in total. The highest BCUT2D eigenvalue weighted by atomic mass is 15.4. The van der Waals surface area contributed by atoms with E-state index in [-0.39, 0.29) is 6.04 Å². The van der Waals surface area contributed by atoms with Crippen molar-refractivity contribution in [1.82, 2.24) is 24.6 Å². The number of amidine groups is 1. The summed E-state index contributed by atoms with van der Waals surface area (Å²) >= 11 is 0. The summed E-state index contributed by atoms with van der Waals surface area (Å²) in [7, 11) is 4.13. The number of likely N-dealkylation sites (tertiary alicyclic amines) is 1. The molecule has 1 saturated heterocycles. The number of aliphatic imine (C=N–C) groups is 1. The molecule has 0 N–H and O–H groups in total. The number of nitrogens with zero attached hydrogens (tertiary/aromatic N) is 6. The fourth-order valence-electron chi connectivity index (χ4n) is 4.20. The third-order valence-corrected chi connectivity index (χ3v) is 5.53. The third-order valence-electron chi connectivity index (χ3n) is 5.53. The summed E-state index contributed by atoms with van der Waals surface area (Å²) in [6.45, 7) is 2.11. The van der Waals surface area contributed by atoms with Gasteiger partial charge in [-0.1, -0.05) is 42.5 Å². The van der Waals surface area contributed by atoms with Gasteiger partial charge in [0.2, 0.25) is 0 Å². The second-order valence-corrected chi connectivity index (χ2v) is 7.58. The molecule has 6 heteroatoms. The molecule has 0 radical (unpaired) electrons. The Balaban J connectivity index is 1.79. The molecule has 0 saturated carbocycles. The van der Waals surface area contributed by atoms with Crippen LogP contribution in [0.3, 0.4) is 0 Å². The molecule has 142 valence electrons. The summed E-state index contributed by atoms with van der Waals surface area (Å²) in [6.07, 6.45) is 2.42. The highest BCUT2D eigenvalue weighted by molar-refractivity contribution is 5.92. The first kappa shape index (κ1) is 17.1. The fourth-order valence-corrected chi connectivity index (χ4v) is 4.20. The minimum Gasteiger partial charge on any atom is -0.364 e. The van der Waals surface area contributed by atoms with Crippen LogP contribution in [0.15, 0.2) is 59.6 Å². The van der Waals surface area contributed by atoms with E-state index in [0.717, 1.165) is 47.5 Å². The number of para-hydroxylation sites is 2. The van der Waals surface area contributed by atoms with Crippen molar-refractivity contribution in [3.63, 3.8) is 0 Å². The molecule has 3 aromatic rings. The summed E-state index contributed by atoms with van der Waals surface area (Å²) in [4.78, 5) is 9.70. The van der Waals surface area contributed by atoms with Crippen LogP contribution in [0, 0.1) is 0 Å². The zero-order valence-corrected chi connectivity index (χ0v) is 16.3. The molecule has 0 spiro atoms. The van der Waals surface area contributed by atoms with E-state index in [1.807, 2.05) is 24.3 Å². The molecule has 5 rings (SSSR count). The zero-order valence-electron chi connectivity index (χ0n) is 16.3.